The summed E-state index contributed by atoms with van der Waals surface area (Å²) in [5.41, 5.74) is 0. The molecule has 3 N–H and O–H groups in total. The van der Waals surface area contributed by atoms with Crippen LogP contribution in [0.4, 0.5) is 0 Å². The zero-order chi connectivity index (χ0) is 44.9. The summed E-state index contributed by atoms with van der Waals surface area (Å²) in [7, 11) is 0. The van der Waals surface area contributed by atoms with Crippen LogP contribution in [0, 0.1) is 0 Å². The van der Waals surface area contributed by atoms with Gasteiger partial charge in [0, 0.05) is 6.42 Å². The second kappa shape index (κ2) is 51.6. The minimum atomic E-state index is -0.906. The third kappa shape index (κ3) is 47.3. The molecule has 4 nitrogen and oxygen atoms in total. The standard InChI is InChI=1S/C58H93NO3/c1-3-5-7-9-11-13-15-17-19-21-23-25-26-27-28-29-30-31-32-34-36-38-40-42-44-46-48-50-52-54-58(62)59-56(55-60)57(61)53-51-49-47-45-43-41-39-37-35-33-24-22-20-18-16-14-12-10-8-6-4-2/h5,7,11,13,17,19,23,25,27-28,30-31,34-37,40,42-43,45-46,48,51,53,56-57,60-61H,3-4,6,8-10,12,14-16,18,20-22,24,26,29,32-33,38-39,41,44,47,49-50,52,54-55H2,1-2H3,(H,59,62)/b7-5-,13-11-,19-17-,25-23-,28-27-,31-30-,36-34-,37-35+,42-40-,45-43+,48-46-,53-51+. The second-order valence-electron chi connectivity index (χ2n) is 16.1. The van der Waals surface area contributed by atoms with Crippen molar-refractivity contribution in [2.75, 3.05) is 6.61 Å². The molecule has 0 heterocycles. The van der Waals surface area contributed by atoms with Crippen LogP contribution in [-0.4, -0.2) is 34.9 Å². The highest BCUT2D eigenvalue weighted by atomic mass is 16.3. The first-order valence-electron chi connectivity index (χ1n) is 25.0. The Morgan fingerprint density at radius 1 is 0.403 bits per heavy atom. The van der Waals surface area contributed by atoms with Gasteiger partial charge in [-0.3, -0.25) is 4.79 Å². The molecule has 62 heavy (non-hydrogen) atoms. The Morgan fingerprint density at radius 3 is 1.13 bits per heavy atom. The molecule has 2 unspecified atom stereocenters. The van der Waals surface area contributed by atoms with Gasteiger partial charge in [-0.1, -0.05) is 224 Å². The van der Waals surface area contributed by atoms with Crippen molar-refractivity contribution in [1.29, 1.82) is 0 Å². The van der Waals surface area contributed by atoms with Gasteiger partial charge in [0.1, 0.15) is 0 Å². The zero-order valence-electron chi connectivity index (χ0n) is 39.8. The lowest BCUT2D eigenvalue weighted by atomic mass is 10.1. The molecule has 0 aromatic carbocycles. The molecule has 4 heteroatoms. The topological polar surface area (TPSA) is 69.6 Å². The molecule has 0 aliphatic rings. The number of hydrogen-bond acceptors (Lipinski definition) is 3. The van der Waals surface area contributed by atoms with Gasteiger partial charge < -0.3 is 15.5 Å². The van der Waals surface area contributed by atoms with E-state index in [1.807, 2.05) is 6.08 Å². The highest BCUT2D eigenvalue weighted by Gasteiger charge is 2.17. The van der Waals surface area contributed by atoms with Gasteiger partial charge in [0.25, 0.3) is 0 Å². The Bertz CT molecular complexity index is 1330. The highest BCUT2D eigenvalue weighted by Crippen LogP contribution is 2.12. The molecule has 0 saturated heterocycles. The lowest BCUT2D eigenvalue weighted by Crippen LogP contribution is -2.45. The van der Waals surface area contributed by atoms with Gasteiger partial charge in [0.15, 0.2) is 0 Å². The monoisotopic (exact) mass is 852 g/mol. The molecular weight excluding hydrogens is 759 g/mol. The maximum absolute atomic E-state index is 12.4. The molecule has 348 valence electrons. The molecule has 0 spiro atoms. The number of aliphatic hydroxyl groups is 2. The minimum Gasteiger partial charge on any atom is -0.394 e. The van der Waals surface area contributed by atoms with Crippen LogP contribution in [0.2, 0.25) is 0 Å². The molecule has 0 aromatic heterocycles. The van der Waals surface area contributed by atoms with Crippen molar-refractivity contribution in [1.82, 2.24) is 5.32 Å². The molecule has 0 fully saturated rings. The number of allylic oxidation sites excluding steroid dienone is 23. The van der Waals surface area contributed by atoms with Gasteiger partial charge in [-0.2, -0.15) is 0 Å². The summed E-state index contributed by atoms with van der Waals surface area (Å²) < 4.78 is 0. The number of unbranched alkanes of at least 4 members (excludes halogenated alkanes) is 14. The quantitative estimate of drug-likeness (QED) is 0.0423. The molecule has 0 radical (unpaired) electrons. The van der Waals surface area contributed by atoms with Crippen LogP contribution in [-0.2, 0) is 4.79 Å². The van der Waals surface area contributed by atoms with Crippen molar-refractivity contribution >= 4 is 5.91 Å². The Labute approximate surface area is 383 Å². The maximum atomic E-state index is 12.4. The van der Waals surface area contributed by atoms with Crippen molar-refractivity contribution in [3.05, 3.63) is 146 Å². The largest absolute Gasteiger partial charge is 0.394 e. The molecule has 0 aliphatic heterocycles. The van der Waals surface area contributed by atoms with Crippen molar-refractivity contribution < 1.29 is 15.0 Å². The summed E-state index contributed by atoms with van der Waals surface area (Å²) in [5.74, 6) is -0.142. The van der Waals surface area contributed by atoms with E-state index in [9.17, 15) is 15.0 Å². The second-order valence-corrected chi connectivity index (χ2v) is 16.1. The number of aliphatic hydroxyl groups excluding tert-OH is 2. The van der Waals surface area contributed by atoms with Crippen LogP contribution >= 0.6 is 0 Å². The van der Waals surface area contributed by atoms with Gasteiger partial charge in [0.2, 0.25) is 5.91 Å². The lowest BCUT2D eigenvalue weighted by Gasteiger charge is -2.19. The minimum absolute atomic E-state index is 0.142. The van der Waals surface area contributed by atoms with Crippen LogP contribution in [0.3, 0.4) is 0 Å². The summed E-state index contributed by atoms with van der Waals surface area (Å²) in [6.45, 7) is 4.14. The fourth-order valence-electron chi connectivity index (χ4n) is 6.50. The van der Waals surface area contributed by atoms with E-state index in [0.717, 1.165) is 96.3 Å². The molecular formula is C58H93NO3. The van der Waals surface area contributed by atoms with Gasteiger partial charge in [-0.25, -0.2) is 0 Å². The lowest BCUT2D eigenvalue weighted by molar-refractivity contribution is -0.122. The Hall–Kier alpha value is -3.73. The van der Waals surface area contributed by atoms with E-state index in [0.29, 0.717) is 6.42 Å². The van der Waals surface area contributed by atoms with E-state index in [1.54, 1.807) is 6.08 Å². The number of carbonyl (C=O) groups is 1. The summed E-state index contributed by atoms with van der Waals surface area (Å²) in [6, 6.07) is -0.688. The van der Waals surface area contributed by atoms with E-state index >= 15 is 0 Å². The maximum Gasteiger partial charge on any atom is 0.220 e. The van der Waals surface area contributed by atoms with Crippen molar-refractivity contribution in [2.45, 2.75) is 206 Å². The van der Waals surface area contributed by atoms with Crippen LogP contribution in [0.5, 0.6) is 0 Å². The third-order valence-corrected chi connectivity index (χ3v) is 10.3. The van der Waals surface area contributed by atoms with Crippen LogP contribution in [0.15, 0.2) is 146 Å². The average Bonchev–Trinajstić information content (AvgIpc) is 3.28. The number of hydrogen-bond donors (Lipinski definition) is 3. The first-order valence-corrected chi connectivity index (χ1v) is 25.0. The molecule has 1 amide bonds. The van der Waals surface area contributed by atoms with Crippen LogP contribution in [0.25, 0.3) is 0 Å². The highest BCUT2D eigenvalue weighted by molar-refractivity contribution is 5.76. The summed E-state index contributed by atoms with van der Waals surface area (Å²) in [4.78, 5) is 12.4. The fraction of sp³-hybridized carbons (Fsp3) is 0.569. The third-order valence-electron chi connectivity index (χ3n) is 10.3. The Kier molecular flexibility index (Phi) is 48.5. The van der Waals surface area contributed by atoms with Gasteiger partial charge in [-0.15, -0.1) is 0 Å². The molecule has 0 saturated carbocycles. The van der Waals surface area contributed by atoms with Gasteiger partial charge >= 0.3 is 0 Å². The average molecular weight is 852 g/mol. The van der Waals surface area contributed by atoms with Crippen molar-refractivity contribution in [2.24, 2.45) is 0 Å². The molecule has 0 bridgehead atoms. The van der Waals surface area contributed by atoms with Crippen LogP contribution in [0.1, 0.15) is 194 Å². The number of amides is 1. The number of carbonyl (C=O) groups excluding carboxylic acids is 1. The van der Waals surface area contributed by atoms with Gasteiger partial charge in [0.05, 0.1) is 18.8 Å². The zero-order valence-corrected chi connectivity index (χ0v) is 39.8. The van der Waals surface area contributed by atoms with E-state index < -0.39 is 12.1 Å². The number of rotatable bonds is 43. The van der Waals surface area contributed by atoms with E-state index in [4.69, 9.17) is 0 Å². The fourth-order valence-corrected chi connectivity index (χ4v) is 6.50. The Balaban J connectivity index is 3.81. The van der Waals surface area contributed by atoms with E-state index in [1.165, 1.54) is 77.0 Å². The predicted molar refractivity (Wildman–Crippen MR) is 275 cm³/mol. The first-order chi connectivity index (χ1) is 30.7. The van der Waals surface area contributed by atoms with Crippen LogP contribution < -0.4 is 5.32 Å². The van der Waals surface area contributed by atoms with Crippen molar-refractivity contribution in [3.8, 4) is 0 Å². The Morgan fingerprint density at radius 2 is 0.726 bits per heavy atom. The van der Waals surface area contributed by atoms with E-state index in [-0.39, 0.29) is 12.5 Å². The summed E-state index contributed by atoms with van der Waals surface area (Å²) in [6.07, 6.45) is 82.6. The van der Waals surface area contributed by atoms with Gasteiger partial charge in [-0.05, 0) is 109 Å². The van der Waals surface area contributed by atoms with Crippen molar-refractivity contribution in [3.63, 3.8) is 0 Å². The summed E-state index contributed by atoms with van der Waals surface area (Å²) in [5, 5.41) is 23.0. The van der Waals surface area contributed by atoms with E-state index in [2.05, 4.69) is 153 Å². The SMILES string of the molecule is CC/C=C\C/C=C\C/C=C\C/C=C\C/C=C\C/C=C\C/C=C\C/C=C\C/C=C\CCCC(=O)NC(CO)C(O)/C=C/CC/C=C/CC/C=C/CCCCCCCCCCCCC. The summed E-state index contributed by atoms with van der Waals surface area (Å²) >= 11 is 0. The predicted octanol–water partition coefficient (Wildman–Crippen LogP) is 16.5. The molecule has 0 rings (SSSR count). The molecule has 2 atom stereocenters. The molecule has 0 aromatic rings. The normalized spacial score (nSPS) is 14.2. The molecule has 0 aliphatic carbocycles. The smallest absolute Gasteiger partial charge is 0.220 e. The first kappa shape index (κ1) is 58.3. The number of nitrogens with one attached hydrogen (secondary N) is 1.